The Balaban J connectivity index is 1.31. The maximum Gasteiger partial charge on any atom is 0.0887 e. The molecule has 0 spiro atoms. The summed E-state index contributed by atoms with van der Waals surface area (Å²) in [6.45, 7) is 0. The van der Waals surface area contributed by atoms with Crippen molar-refractivity contribution >= 4 is 65.4 Å². The van der Waals surface area contributed by atoms with Crippen molar-refractivity contribution in [3.8, 4) is 28.5 Å². The van der Waals surface area contributed by atoms with Crippen LogP contribution in [0.25, 0.3) is 93.9 Å². The molecule has 0 atom stereocenters. The molecule has 5 heterocycles. The van der Waals surface area contributed by atoms with Crippen LogP contribution in [0.1, 0.15) is 0 Å². The molecular weight excluding hydrogens is 623 g/mol. The van der Waals surface area contributed by atoms with Gasteiger partial charge in [-0.2, -0.15) is 0 Å². The van der Waals surface area contributed by atoms with E-state index in [1.54, 1.807) is 0 Å². The largest absolute Gasteiger partial charge is 0.309 e. The van der Waals surface area contributed by atoms with Crippen LogP contribution in [-0.4, -0.2) is 23.7 Å². The lowest BCUT2D eigenvalue weighted by molar-refractivity contribution is 1.12. The highest BCUT2D eigenvalue weighted by Crippen LogP contribution is 2.42. The molecule has 0 bridgehead atoms. The molecule has 0 aliphatic heterocycles. The summed E-state index contributed by atoms with van der Waals surface area (Å²) in [6.07, 6.45) is 3.79. The third kappa shape index (κ3) is 4.03. The zero-order valence-corrected chi connectivity index (χ0v) is 27.5. The summed E-state index contributed by atoms with van der Waals surface area (Å²) in [5, 5.41) is 7.33. The minimum Gasteiger partial charge on any atom is -0.309 e. The third-order valence-corrected chi connectivity index (χ3v) is 10.3. The standard InChI is InChI=1S/C46H29N5/c1-6-19-39-32(13-1)33-14-2-7-20-40(33)50(39)31-27-44-46(45(28-31)51-41-21-8-3-15-34(41)35-16-4-9-22-42(35)51)36-17-5-10-23-43(36)49(44)30-24-25-38(48-29-30)37-18-11-12-26-47-37/h1-29H. The fraction of sp³-hybridized carbons (Fsp3) is 0. The van der Waals surface area contributed by atoms with E-state index in [-0.39, 0.29) is 0 Å². The molecule has 11 aromatic rings. The summed E-state index contributed by atoms with van der Waals surface area (Å²) in [5.74, 6) is 0. The Hall–Kier alpha value is -6.98. The second-order valence-electron chi connectivity index (χ2n) is 13.1. The second kappa shape index (κ2) is 10.8. The number of pyridine rings is 2. The fourth-order valence-corrected chi connectivity index (χ4v) is 8.21. The summed E-state index contributed by atoms with van der Waals surface area (Å²) in [4.78, 5) is 9.48. The zero-order valence-electron chi connectivity index (χ0n) is 27.5. The number of hydrogen-bond donors (Lipinski definition) is 0. The molecule has 6 aromatic carbocycles. The third-order valence-electron chi connectivity index (χ3n) is 10.3. The minimum atomic E-state index is 0.844. The maximum absolute atomic E-state index is 4.93. The maximum atomic E-state index is 4.93. The van der Waals surface area contributed by atoms with Gasteiger partial charge >= 0.3 is 0 Å². The van der Waals surface area contributed by atoms with E-state index in [0.717, 1.165) is 39.5 Å². The van der Waals surface area contributed by atoms with E-state index in [1.807, 2.05) is 30.6 Å². The first kappa shape index (κ1) is 27.9. The quantitative estimate of drug-likeness (QED) is 0.190. The van der Waals surface area contributed by atoms with Gasteiger partial charge < -0.3 is 13.7 Å². The average molecular weight is 652 g/mol. The van der Waals surface area contributed by atoms with Crippen molar-refractivity contribution in [2.75, 3.05) is 0 Å². The Kier molecular flexibility index (Phi) is 5.89. The Bertz CT molecular complexity index is 3020. The number of rotatable bonds is 4. The lowest BCUT2D eigenvalue weighted by Gasteiger charge is -2.16. The highest BCUT2D eigenvalue weighted by atomic mass is 15.0. The van der Waals surface area contributed by atoms with Crippen molar-refractivity contribution in [3.05, 3.63) is 176 Å². The molecule has 5 nitrogen and oxygen atoms in total. The smallest absolute Gasteiger partial charge is 0.0887 e. The van der Waals surface area contributed by atoms with E-state index in [4.69, 9.17) is 4.98 Å². The van der Waals surface area contributed by atoms with Gasteiger partial charge in [0.2, 0.25) is 0 Å². The lowest BCUT2D eigenvalue weighted by atomic mass is 10.1. The van der Waals surface area contributed by atoms with Crippen molar-refractivity contribution in [2.24, 2.45) is 0 Å². The molecule has 0 unspecified atom stereocenters. The molecule has 0 saturated heterocycles. The van der Waals surface area contributed by atoms with Crippen LogP contribution in [0.2, 0.25) is 0 Å². The normalized spacial score (nSPS) is 11.9. The zero-order chi connectivity index (χ0) is 33.5. The van der Waals surface area contributed by atoms with E-state index in [2.05, 4.69) is 164 Å². The van der Waals surface area contributed by atoms with Gasteiger partial charge in [-0.1, -0.05) is 97.1 Å². The first-order valence-electron chi connectivity index (χ1n) is 17.3. The van der Waals surface area contributed by atoms with Crippen molar-refractivity contribution in [1.29, 1.82) is 0 Å². The van der Waals surface area contributed by atoms with Crippen molar-refractivity contribution in [1.82, 2.24) is 23.7 Å². The molecule has 5 heteroatoms. The second-order valence-corrected chi connectivity index (χ2v) is 13.1. The van der Waals surface area contributed by atoms with E-state index >= 15 is 0 Å². The Morgan fingerprint density at radius 1 is 0.333 bits per heavy atom. The van der Waals surface area contributed by atoms with Crippen LogP contribution in [0.4, 0.5) is 0 Å². The monoisotopic (exact) mass is 651 g/mol. The molecule has 0 radical (unpaired) electrons. The molecule has 0 saturated carbocycles. The summed E-state index contributed by atoms with van der Waals surface area (Å²) < 4.78 is 7.25. The summed E-state index contributed by atoms with van der Waals surface area (Å²) in [7, 11) is 0. The molecular formula is C46H29N5. The molecule has 0 amide bonds. The van der Waals surface area contributed by atoms with E-state index in [1.165, 1.54) is 54.4 Å². The van der Waals surface area contributed by atoms with Crippen molar-refractivity contribution in [2.45, 2.75) is 0 Å². The van der Waals surface area contributed by atoms with E-state index < -0.39 is 0 Å². The number of nitrogens with zero attached hydrogens (tertiary/aromatic N) is 5. The van der Waals surface area contributed by atoms with Gasteiger partial charge in [-0.3, -0.25) is 9.97 Å². The lowest BCUT2D eigenvalue weighted by Crippen LogP contribution is -2.02. The van der Waals surface area contributed by atoms with Gasteiger partial charge in [0, 0.05) is 38.5 Å². The van der Waals surface area contributed by atoms with Crippen LogP contribution in [-0.2, 0) is 0 Å². The predicted octanol–water partition coefficient (Wildman–Crippen LogP) is 11.4. The van der Waals surface area contributed by atoms with Crippen LogP contribution in [0.15, 0.2) is 176 Å². The number of para-hydroxylation sites is 5. The Morgan fingerprint density at radius 2 is 0.804 bits per heavy atom. The Labute approximate surface area is 292 Å². The van der Waals surface area contributed by atoms with E-state index in [0.29, 0.717) is 0 Å². The van der Waals surface area contributed by atoms with Crippen LogP contribution in [0.3, 0.4) is 0 Å². The van der Waals surface area contributed by atoms with Gasteiger partial charge in [-0.05, 0) is 66.7 Å². The predicted molar refractivity (Wildman–Crippen MR) is 210 cm³/mol. The molecule has 51 heavy (non-hydrogen) atoms. The number of aromatic nitrogens is 5. The average Bonchev–Trinajstić information content (AvgIpc) is 3.84. The number of benzene rings is 6. The van der Waals surface area contributed by atoms with Gasteiger partial charge in [-0.15, -0.1) is 0 Å². The first-order chi connectivity index (χ1) is 25.3. The van der Waals surface area contributed by atoms with Gasteiger partial charge in [-0.25, -0.2) is 0 Å². The van der Waals surface area contributed by atoms with Crippen molar-refractivity contribution in [3.63, 3.8) is 0 Å². The van der Waals surface area contributed by atoms with Crippen LogP contribution in [0, 0.1) is 0 Å². The summed E-state index contributed by atoms with van der Waals surface area (Å²) in [5.41, 5.74) is 11.9. The molecule has 0 aliphatic carbocycles. The highest BCUT2D eigenvalue weighted by molar-refractivity contribution is 6.17. The Morgan fingerprint density at radius 3 is 1.33 bits per heavy atom. The summed E-state index contributed by atoms with van der Waals surface area (Å²) in [6, 6.07) is 58.6. The van der Waals surface area contributed by atoms with E-state index in [9.17, 15) is 0 Å². The van der Waals surface area contributed by atoms with Gasteiger partial charge in [0.05, 0.1) is 67.7 Å². The van der Waals surface area contributed by atoms with Crippen LogP contribution >= 0.6 is 0 Å². The molecule has 0 N–H and O–H groups in total. The van der Waals surface area contributed by atoms with Crippen molar-refractivity contribution < 1.29 is 0 Å². The topological polar surface area (TPSA) is 40.6 Å². The molecule has 11 rings (SSSR count). The van der Waals surface area contributed by atoms with Gasteiger partial charge in [0.15, 0.2) is 0 Å². The highest BCUT2D eigenvalue weighted by Gasteiger charge is 2.22. The van der Waals surface area contributed by atoms with Crippen LogP contribution in [0.5, 0.6) is 0 Å². The first-order valence-corrected chi connectivity index (χ1v) is 17.3. The number of fused-ring (bicyclic) bond motifs is 9. The SMILES string of the molecule is c1ccc(-c2ccc(-n3c4ccccc4c4c(-n5c6ccccc6c6ccccc65)cc(-n5c6ccccc6c6ccccc65)cc43)cn2)nc1. The van der Waals surface area contributed by atoms with Crippen LogP contribution < -0.4 is 0 Å². The number of hydrogen-bond acceptors (Lipinski definition) is 2. The van der Waals surface area contributed by atoms with Gasteiger partial charge in [0.1, 0.15) is 0 Å². The molecule has 5 aromatic heterocycles. The fourth-order valence-electron chi connectivity index (χ4n) is 8.21. The van der Waals surface area contributed by atoms with Gasteiger partial charge in [0.25, 0.3) is 0 Å². The molecule has 0 aliphatic rings. The molecule has 238 valence electrons. The molecule has 0 fully saturated rings. The summed E-state index contributed by atoms with van der Waals surface area (Å²) >= 11 is 0. The minimum absolute atomic E-state index is 0.844.